The highest BCUT2D eigenvalue weighted by atomic mass is 16.5. The van der Waals surface area contributed by atoms with Gasteiger partial charge in [0.25, 0.3) is 5.91 Å². The molecule has 5 nitrogen and oxygen atoms in total. The van der Waals surface area contributed by atoms with Gasteiger partial charge in [-0.25, -0.2) is 0 Å². The summed E-state index contributed by atoms with van der Waals surface area (Å²) in [6.07, 6.45) is 1.94. The van der Waals surface area contributed by atoms with E-state index >= 15 is 0 Å². The van der Waals surface area contributed by atoms with Crippen LogP contribution in [-0.2, 0) is 14.3 Å². The number of allylic oxidation sites excluding steroid dienone is 1. The number of nitrogens with one attached hydrogen (secondary N) is 1. The third kappa shape index (κ3) is 2.60. The van der Waals surface area contributed by atoms with Gasteiger partial charge in [-0.05, 0) is 18.6 Å². The van der Waals surface area contributed by atoms with E-state index in [9.17, 15) is 4.79 Å². The molecule has 0 aromatic heterocycles. The Kier molecular flexibility index (Phi) is 3.90. The number of methoxy groups -OCH3 is 1. The molecule has 0 saturated heterocycles. The van der Waals surface area contributed by atoms with Gasteiger partial charge in [-0.15, -0.1) is 0 Å². The van der Waals surface area contributed by atoms with Gasteiger partial charge in [-0.1, -0.05) is 12.1 Å². The summed E-state index contributed by atoms with van der Waals surface area (Å²) < 4.78 is 10.8. The summed E-state index contributed by atoms with van der Waals surface area (Å²) in [6.45, 7) is 3.93. The van der Waals surface area contributed by atoms with E-state index in [2.05, 4.69) is 10.2 Å². The largest absolute Gasteiger partial charge is 0.486 e. The number of rotatable bonds is 4. The van der Waals surface area contributed by atoms with Gasteiger partial charge in [-0.3, -0.25) is 4.79 Å². The van der Waals surface area contributed by atoms with Crippen LogP contribution < -0.4 is 5.32 Å². The fraction of sp³-hybridized carbons (Fsp3) is 0.353. The van der Waals surface area contributed by atoms with Crippen molar-refractivity contribution in [1.29, 1.82) is 0 Å². The number of nitrogens with zero attached hydrogens (tertiary/aromatic N) is 1. The van der Waals surface area contributed by atoms with Crippen molar-refractivity contribution in [1.82, 2.24) is 4.90 Å². The van der Waals surface area contributed by atoms with E-state index < -0.39 is 0 Å². The van der Waals surface area contributed by atoms with Crippen molar-refractivity contribution in [3.8, 4) is 0 Å². The molecule has 1 aromatic rings. The molecule has 0 atom stereocenters. The molecule has 0 saturated carbocycles. The van der Waals surface area contributed by atoms with Gasteiger partial charge in [-0.2, -0.15) is 0 Å². The summed E-state index contributed by atoms with van der Waals surface area (Å²) in [6, 6.07) is 5.95. The lowest BCUT2D eigenvalue weighted by Gasteiger charge is -2.18. The van der Waals surface area contributed by atoms with Crippen LogP contribution in [0.1, 0.15) is 11.1 Å². The Bertz CT molecular complexity index is 676. The van der Waals surface area contributed by atoms with E-state index in [1.165, 1.54) is 0 Å². The molecule has 0 radical (unpaired) electrons. The number of carbonyl (C=O) groups excluding carboxylic acids is 1. The molecule has 3 rings (SSSR count). The Morgan fingerprint density at radius 1 is 1.41 bits per heavy atom. The summed E-state index contributed by atoms with van der Waals surface area (Å²) in [5.74, 6) is 0.534. The Hall–Kier alpha value is -2.27. The third-order valence-electron chi connectivity index (χ3n) is 3.96. The Balaban J connectivity index is 1.92. The van der Waals surface area contributed by atoms with Crippen LogP contribution in [0.2, 0.25) is 0 Å². The average molecular weight is 300 g/mol. The predicted octanol–water partition coefficient (Wildman–Crippen LogP) is 2.15. The number of benzene rings is 1. The minimum Gasteiger partial charge on any atom is -0.486 e. The molecule has 22 heavy (non-hydrogen) atoms. The van der Waals surface area contributed by atoms with E-state index in [0.29, 0.717) is 24.5 Å². The number of ether oxygens (including phenoxy) is 2. The normalized spacial score (nSPS) is 19.6. The maximum atomic E-state index is 12.3. The quantitative estimate of drug-likeness (QED) is 0.866. The Labute approximate surface area is 130 Å². The van der Waals surface area contributed by atoms with Crippen LogP contribution in [0.3, 0.4) is 0 Å². The van der Waals surface area contributed by atoms with Gasteiger partial charge >= 0.3 is 0 Å². The molecule has 1 aromatic carbocycles. The summed E-state index contributed by atoms with van der Waals surface area (Å²) in [7, 11) is 3.68. The molecule has 0 fully saturated rings. The topological polar surface area (TPSA) is 50.8 Å². The second kappa shape index (κ2) is 5.85. The standard InChI is InChI=1S/C17H20N2O3/c1-11-4-5-13-14(8-11)18-17(20)16(13)15-9-12(10-22-15)19(2)6-7-21-3/h4-5,8-9H,6-7,10H2,1-3H3,(H,18,20)/b16-15+. The molecule has 0 aliphatic carbocycles. The smallest absolute Gasteiger partial charge is 0.260 e. The van der Waals surface area contributed by atoms with Crippen molar-refractivity contribution < 1.29 is 14.3 Å². The lowest BCUT2D eigenvalue weighted by atomic mass is 10.0. The van der Waals surface area contributed by atoms with Crippen molar-refractivity contribution in [2.45, 2.75) is 6.92 Å². The Morgan fingerprint density at radius 2 is 2.23 bits per heavy atom. The van der Waals surface area contributed by atoms with Crippen molar-refractivity contribution in [3.63, 3.8) is 0 Å². The van der Waals surface area contributed by atoms with Gasteiger partial charge in [0.05, 0.1) is 17.9 Å². The van der Waals surface area contributed by atoms with Crippen LogP contribution >= 0.6 is 0 Å². The van der Waals surface area contributed by atoms with E-state index in [1.807, 2.05) is 38.2 Å². The zero-order chi connectivity index (χ0) is 15.7. The van der Waals surface area contributed by atoms with E-state index in [4.69, 9.17) is 9.47 Å². The molecule has 2 aliphatic heterocycles. The molecule has 116 valence electrons. The van der Waals surface area contributed by atoms with Gasteiger partial charge in [0.1, 0.15) is 12.4 Å². The number of fused-ring (bicyclic) bond motifs is 1. The van der Waals surface area contributed by atoms with Crippen molar-refractivity contribution in [2.75, 3.05) is 39.2 Å². The first-order valence-electron chi connectivity index (χ1n) is 7.30. The summed E-state index contributed by atoms with van der Waals surface area (Å²) in [4.78, 5) is 14.3. The van der Waals surface area contributed by atoms with Crippen molar-refractivity contribution in [3.05, 3.63) is 46.9 Å². The number of hydrogen-bond acceptors (Lipinski definition) is 4. The van der Waals surface area contributed by atoms with Gasteiger partial charge in [0.2, 0.25) is 0 Å². The number of likely N-dealkylation sites (N-methyl/N-ethyl adjacent to an activating group) is 1. The summed E-state index contributed by atoms with van der Waals surface area (Å²) >= 11 is 0. The Morgan fingerprint density at radius 3 is 3.00 bits per heavy atom. The molecule has 1 N–H and O–H groups in total. The number of carbonyl (C=O) groups is 1. The lowest BCUT2D eigenvalue weighted by molar-refractivity contribution is -0.110. The second-order valence-electron chi connectivity index (χ2n) is 5.58. The summed E-state index contributed by atoms with van der Waals surface area (Å²) in [5.41, 5.74) is 4.54. The van der Waals surface area contributed by atoms with Crippen molar-refractivity contribution in [2.24, 2.45) is 0 Å². The molecule has 0 unspecified atom stereocenters. The van der Waals surface area contributed by atoms with Gasteiger partial charge in [0, 0.05) is 38.0 Å². The molecular weight excluding hydrogens is 280 g/mol. The first-order valence-corrected chi connectivity index (χ1v) is 7.30. The zero-order valence-corrected chi connectivity index (χ0v) is 13.1. The third-order valence-corrected chi connectivity index (χ3v) is 3.96. The van der Waals surface area contributed by atoms with E-state index in [1.54, 1.807) is 7.11 Å². The molecule has 5 heteroatoms. The minimum atomic E-state index is -0.104. The number of anilines is 1. The number of hydrogen-bond donors (Lipinski definition) is 1. The molecule has 0 bridgehead atoms. The lowest BCUT2D eigenvalue weighted by Crippen LogP contribution is -2.22. The monoisotopic (exact) mass is 300 g/mol. The van der Waals surface area contributed by atoms with E-state index in [0.717, 1.165) is 29.1 Å². The molecule has 2 heterocycles. The zero-order valence-electron chi connectivity index (χ0n) is 13.1. The van der Waals surface area contributed by atoms with Gasteiger partial charge in [0.15, 0.2) is 0 Å². The fourth-order valence-electron chi connectivity index (χ4n) is 2.65. The highest BCUT2D eigenvalue weighted by Gasteiger charge is 2.30. The van der Waals surface area contributed by atoms with Crippen LogP contribution in [0.25, 0.3) is 5.57 Å². The second-order valence-corrected chi connectivity index (χ2v) is 5.58. The van der Waals surface area contributed by atoms with Crippen molar-refractivity contribution >= 4 is 17.2 Å². The van der Waals surface area contributed by atoms with Crippen LogP contribution in [0.15, 0.2) is 35.7 Å². The first kappa shape index (κ1) is 14.7. The summed E-state index contributed by atoms with van der Waals surface area (Å²) in [5, 5.41) is 2.90. The molecule has 2 aliphatic rings. The molecule has 0 spiro atoms. The number of amides is 1. The maximum Gasteiger partial charge on any atom is 0.260 e. The van der Waals surface area contributed by atoms with Crippen LogP contribution in [0.4, 0.5) is 5.69 Å². The van der Waals surface area contributed by atoms with Crippen LogP contribution in [-0.4, -0.2) is 44.7 Å². The maximum absolute atomic E-state index is 12.3. The number of aryl methyl sites for hydroxylation is 1. The predicted molar refractivity (Wildman–Crippen MR) is 85.3 cm³/mol. The van der Waals surface area contributed by atoms with Crippen LogP contribution in [0, 0.1) is 6.92 Å². The molecule has 1 amide bonds. The minimum absolute atomic E-state index is 0.104. The fourth-order valence-corrected chi connectivity index (χ4v) is 2.65. The van der Waals surface area contributed by atoms with Crippen LogP contribution in [0.5, 0.6) is 0 Å². The van der Waals surface area contributed by atoms with Gasteiger partial charge < -0.3 is 19.7 Å². The highest BCUT2D eigenvalue weighted by molar-refractivity contribution is 6.32. The average Bonchev–Trinajstić information content (AvgIpc) is 3.07. The highest BCUT2D eigenvalue weighted by Crippen LogP contribution is 2.36. The van der Waals surface area contributed by atoms with E-state index in [-0.39, 0.29) is 5.91 Å². The first-order chi connectivity index (χ1) is 10.6. The SMILES string of the molecule is COCCN(C)C1=C/C(=C2\C(=O)Nc3cc(C)ccc32)OC1. The molecular formula is C17H20N2O3.